The minimum absolute atomic E-state index is 0.123. The van der Waals surface area contributed by atoms with Gasteiger partial charge in [-0.1, -0.05) is 23.7 Å². The summed E-state index contributed by atoms with van der Waals surface area (Å²) in [6, 6.07) is 15.0. The third kappa shape index (κ3) is 4.26. The molecular formula is C18H18ClN3O2. The van der Waals surface area contributed by atoms with Gasteiger partial charge >= 0.3 is 0 Å². The Bertz CT molecular complexity index is 742. The minimum atomic E-state index is -0.148. The molecule has 6 heteroatoms. The van der Waals surface area contributed by atoms with Crippen LogP contribution in [0.2, 0.25) is 5.02 Å². The Morgan fingerprint density at radius 3 is 2.54 bits per heavy atom. The van der Waals surface area contributed by atoms with Crippen LogP contribution < -0.4 is 11.1 Å². The number of amidine groups is 1. The fourth-order valence-corrected chi connectivity index (χ4v) is 2.60. The molecule has 0 radical (unpaired) electrons. The van der Waals surface area contributed by atoms with Gasteiger partial charge in [0, 0.05) is 16.3 Å². The number of hydrogen-bond donors (Lipinski definition) is 2. The fourth-order valence-electron chi connectivity index (χ4n) is 2.48. The number of benzene rings is 2. The summed E-state index contributed by atoms with van der Waals surface area (Å²) < 4.78 is 5.13. The number of amides is 1. The zero-order valence-corrected chi connectivity index (χ0v) is 13.8. The topological polar surface area (TPSA) is 76.7 Å². The molecule has 0 saturated heterocycles. The zero-order valence-electron chi connectivity index (χ0n) is 13.0. The molecule has 1 unspecified atom stereocenters. The first kappa shape index (κ1) is 16.3. The molecule has 0 aliphatic carbocycles. The Balaban J connectivity index is 1.55. The number of carbonyl (C=O) groups is 1. The molecule has 1 amide bonds. The van der Waals surface area contributed by atoms with Gasteiger partial charge in [0.1, 0.15) is 6.61 Å². The van der Waals surface area contributed by atoms with Gasteiger partial charge in [-0.2, -0.15) is 0 Å². The van der Waals surface area contributed by atoms with Gasteiger partial charge in [-0.15, -0.1) is 0 Å². The normalized spacial score (nSPS) is 16.4. The smallest absolute Gasteiger partial charge is 0.282 e. The van der Waals surface area contributed by atoms with Crippen molar-refractivity contribution in [1.82, 2.24) is 0 Å². The highest BCUT2D eigenvalue weighted by molar-refractivity contribution is 6.30. The van der Waals surface area contributed by atoms with Crippen molar-refractivity contribution in [3.05, 3.63) is 64.7 Å². The second-order valence-electron chi connectivity index (χ2n) is 5.63. The van der Waals surface area contributed by atoms with Crippen LogP contribution in [0.3, 0.4) is 0 Å². The summed E-state index contributed by atoms with van der Waals surface area (Å²) in [6.07, 6.45) is 1.74. The third-order valence-electron chi connectivity index (χ3n) is 3.82. The Kier molecular flexibility index (Phi) is 5.01. The number of anilines is 1. The molecule has 3 N–H and O–H groups in total. The molecule has 0 fully saturated rings. The number of halogens is 1. The number of aliphatic imine (C=N–C) groups is 1. The molecule has 2 aromatic carbocycles. The van der Waals surface area contributed by atoms with Crippen LogP contribution in [0.1, 0.15) is 22.3 Å². The van der Waals surface area contributed by atoms with Crippen LogP contribution in [-0.2, 0) is 11.2 Å². The molecule has 1 aliphatic heterocycles. The van der Waals surface area contributed by atoms with Crippen LogP contribution in [0, 0.1) is 0 Å². The number of nitrogens with zero attached hydrogens (tertiary/aromatic N) is 1. The predicted molar refractivity (Wildman–Crippen MR) is 95.5 cm³/mol. The summed E-state index contributed by atoms with van der Waals surface area (Å²) in [4.78, 5) is 16.4. The molecular weight excluding hydrogens is 326 g/mol. The minimum Gasteiger partial charge on any atom is -0.463 e. The maximum Gasteiger partial charge on any atom is 0.282 e. The van der Waals surface area contributed by atoms with Crippen molar-refractivity contribution >= 4 is 29.2 Å². The monoisotopic (exact) mass is 343 g/mol. The van der Waals surface area contributed by atoms with Crippen molar-refractivity contribution in [3.8, 4) is 0 Å². The van der Waals surface area contributed by atoms with Gasteiger partial charge in [-0.3, -0.25) is 4.79 Å². The number of nitrogens with two attached hydrogens (primary N) is 1. The first-order chi connectivity index (χ1) is 11.6. The zero-order chi connectivity index (χ0) is 16.9. The van der Waals surface area contributed by atoms with Crippen LogP contribution in [-0.4, -0.2) is 24.6 Å². The summed E-state index contributed by atoms with van der Waals surface area (Å²) in [5, 5.41) is 3.48. The largest absolute Gasteiger partial charge is 0.463 e. The number of ether oxygens (including phenoxy) is 1. The van der Waals surface area contributed by atoms with Crippen molar-refractivity contribution < 1.29 is 9.53 Å². The van der Waals surface area contributed by atoms with E-state index in [-0.39, 0.29) is 18.0 Å². The molecule has 5 nitrogen and oxygen atoms in total. The van der Waals surface area contributed by atoms with Crippen molar-refractivity contribution in [2.75, 3.05) is 11.9 Å². The molecule has 1 aliphatic rings. The van der Waals surface area contributed by atoms with Crippen LogP contribution >= 0.6 is 11.6 Å². The number of rotatable bonds is 5. The van der Waals surface area contributed by atoms with Gasteiger partial charge in [0.2, 0.25) is 0 Å². The van der Waals surface area contributed by atoms with E-state index in [0.717, 1.165) is 18.4 Å². The van der Waals surface area contributed by atoms with Gasteiger partial charge in [0.25, 0.3) is 11.9 Å². The van der Waals surface area contributed by atoms with Crippen LogP contribution in [0.5, 0.6) is 0 Å². The van der Waals surface area contributed by atoms with E-state index in [1.54, 1.807) is 24.3 Å². The Morgan fingerprint density at radius 2 is 1.92 bits per heavy atom. The molecule has 24 heavy (non-hydrogen) atoms. The second-order valence-corrected chi connectivity index (χ2v) is 6.07. The highest BCUT2D eigenvalue weighted by Crippen LogP contribution is 2.16. The number of carbonyl (C=O) groups excluding carboxylic acids is 1. The quantitative estimate of drug-likeness (QED) is 0.875. The van der Waals surface area contributed by atoms with Gasteiger partial charge in [0.15, 0.2) is 0 Å². The van der Waals surface area contributed by atoms with Crippen LogP contribution in [0.25, 0.3) is 0 Å². The SMILES string of the molecule is NC1=NC(CCc2ccc(C(=O)Nc3ccc(Cl)cc3)cc2)CO1. The lowest BCUT2D eigenvalue weighted by atomic mass is 10.0. The van der Waals surface area contributed by atoms with E-state index in [2.05, 4.69) is 10.3 Å². The Morgan fingerprint density at radius 1 is 1.21 bits per heavy atom. The third-order valence-corrected chi connectivity index (χ3v) is 4.07. The van der Waals surface area contributed by atoms with Gasteiger partial charge in [0.05, 0.1) is 6.04 Å². The summed E-state index contributed by atoms with van der Waals surface area (Å²) in [5.41, 5.74) is 7.97. The molecule has 3 rings (SSSR count). The van der Waals surface area contributed by atoms with E-state index in [9.17, 15) is 4.79 Å². The molecule has 0 aromatic heterocycles. The van der Waals surface area contributed by atoms with E-state index in [4.69, 9.17) is 22.1 Å². The van der Waals surface area contributed by atoms with E-state index >= 15 is 0 Å². The average Bonchev–Trinajstić information content (AvgIpc) is 3.01. The maximum atomic E-state index is 12.2. The van der Waals surface area contributed by atoms with Crippen molar-refractivity contribution in [3.63, 3.8) is 0 Å². The number of aryl methyl sites for hydroxylation is 1. The molecule has 0 bridgehead atoms. The standard InChI is InChI=1S/C18H18ClN3O2/c19-14-6-9-15(10-7-14)21-17(23)13-4-1-12(2-5-13)3-8-16-11-24-18(20)22-16/h1-2,4-7,9-10,16H,3,8,11H2,(H2,20,22)(H,21,23). The first-order valence-corrected chi connectivity index (χ1v) is 8.10. The Hall–Kier alpha value is -2.53. The van der Waals surface area contributed by atoms with Crippen LogP contribution in [0.4, 0.5) is 5.69 Å². The predicted octanol–water partition coefficient (Wildman–Crippen LogP) is 3.24. The van der Waals surface area contributed by atoms with E-state index < -0.39 is 0 Å². The van der Waals surface area contributed by atoms with Crippen molar-refractivity contribution in [1.29, 1.82) is 0 Å². The second kappa shape index (κ2) is 7.36. The Labute approximate surface area is 145 Å². The van der Waals surface area contributed by atoms with E-state index in [0.29, 0.717) is 22.9 Å². The highest BCUT2D eigenvalue weighted by atomic mass is 35.5. The summed E-state index contributed by atoms with van der Waals surface area (Å²) in [5.74, 6) is -0.148. The molecule has 124 valence electrons. The number of nitrogens with one attached hydrogen (secondary N) is 1. The molecule has 1 atom stereocenters. The molecule has 2 aromatic rings. The maximum absolute atomic E-state index is 12.2. The average molecular weight is 344 g/mol. The summed E-state index contributed by atoms with van der Waals surface area (Å²) >= 11 is 5.83. The van der Waals surface area contributed by atoms with Gasteiger partial charge in [-0.05, 0) is 54.8 Å². The fraction of sp³-hybridized carbons (Fsp3) is 0.222. The van der Waals surface area contributed by atoms with Gasteiger partial charge < -0.3 is 15.8 Å². The van der Waals surface area contributed by atoms with E-state index in [1.807, 2.05) is 24.3 Å². The van der Waals surface area contributed by atoms with Gasteiger partial charge in [-0.25, -0.2) is 4.99 Å². The molecule has 1 heterocycles. The summed E-state index contributed by atoms with van der Waals surface area (Å²) in [7, 11) is 0. The van der Waals surface area contributed by atoms with E-state index in [1.165, 1.54) is 0 Å². The first-order valence-electron chi connectivity index (χ1n) is 7.72. The lowest BCUT2D eigenvalue weighted by Gasteiger charge is -2.07. The number of hydrogen-bond acceptors (Lipinski definition) is 4. The van der Waals surface area contributed by atoms with Crippen molar-refractivity contribution in [2.24, 2.45) is 10.7 Å². The summed E-state index contributed by atoms with van der Waals surface area (Å²) in [6.45, 7) is 0.549. The van der Waals surface area contributed by atoms with Crippen molar-refractivity contribution in [2.45, 2.75) is 18.9 Å². The lowest BCUT2D eigenvalue weighted by molar-refractivity contribution is 0.102. The van der Waals surface area contributed by atoms with Crippen LogP contribution in [0.15, 0.2) is 53.5 Å². The molecule has 0 spiro atoms. The lowest BCUT2D eigenvalue weighted by Crippen LogP contribution is -2.12. The highest BCUT2D eigenvalue weighted by Gasteiger charge is 2.16. The molecule has 0 saturated carbocycles.